The lowest BCUT2D eigenvalue weighted by Gasteiger charge is -2.11. The maximum atomic E-state index is 9.90. The molecule has 1 N–H and O–H groups in total. The molecule has 1 unspecified atom stereocenters. The van der Waals surface area contributed by atoms with E-state index >= 15 is 0 Å². The zero-order valence-corrected chi connectivity index (χ0v) is 11.0. The number of hydrogen-bond acceptors (Lipinski definition) is 3. The fourth-order valence-electron chi connectivity index (χ4n) is 2.16. The number of benzene rings is 1. The zero-order chi connectivity index (χ0) is 13.0. The maximum Gasteiger partial charge on any atom is 0.112 e. The average molecular weight is 248 g/mol. The van der Waals surface area contributed by atoms with Crippen molar-refractivity contribution >= 4 is 11.0 Å². The van der Waals surface area contributed by atoms with E-state index in [2.05, 4.69) is 22.5 Å². The molecule has 0 fully saturated rings. The Labute approximate surface area is 107 Å². The van der Waals surface area contributed by atoms with E-state index in [0.29, 0.717) is 19.6 Å². The van der Waals surface area contributed by atoms with E-state index in [1.165, 1.54) is 0 Å². The minimum absolute atomic E-state index is 0.365. The number of rotatable bonds is 6. The van der Waals surface area contributed by atoms with Crippen LogP contribution in [-0.4, -0.2) is 34.0 Å². The highest BCUT2D eigenvalue weighted by Gasteiger charge is 2.13. The van der Waals surface area contributed by atoms with Crippen LogP contribution in [0.1, 0.15) is 19.7 Å². The summed E-state index contributed by atoms with van der Waals surface area (Å²) in [4.78, 5) is 4.58. The van der Waals surface area contributed by atoms with Crippen LogP contribution in [0.25, 0.3) is 11.0 Å². The second kappa shape index (κ2) is 5.98. The van der Waals surface area contributed by atoms with Crippen molar-refractivity contribution in [1.29, 1.82) is 0 Å². The molecule has 2 rings (SSSR count). The summed E-state index contributed by atoms with van der Waals surface area (Å²) in [6.45, 7) is 5.86. The van der Waals surface area contributed by atoms with Gasteiger partial charge in [-0.25, -0.2) is 4.98 Å². The third-order valence-corrected chi connectivity index (χ3v) is 2.98. The fraction of sp³-hybridized carbons (Fsp3) is 0.500. The second-order valence-corrected chi connectivity index (χ2v) is 4.28. The molecule has 1 aromatic heterocycles. The van der Waals surface area contributed by atoms with Gasteiger partial charge in [-0.2, -0.15) is 0 Å². The van der Waals surface area contributed by atoms with Crippen molar-refractivity contribution in [2.24, 2.45) is 0 Å². The Kier molecular flexibility index (Phi) is 4.33. The van der Waals surface area contributed by atoms with Gasteiger partial charge >= 0.3 is 0 Å². The summed E-state index contributed by atoms with van der Waals surface area (Å²) in [7, 11) is 0. The lowest BCUT2D eigenvalue weighted by molar-refractivity contribution is 0.0416. The molecule has 2 aromatic rings. The average Bonchev–Trinajstić information content (AvgIpc) is 2.73. The Morgan fingerprint density at radius 1 is 1.33 bits per heavy atom. The van der Waals surface area contributed by atoms with E-state index in [1.54, 1.807) is 0 Å². The van der Waals surface area contributed by atoms with E-state index in [4.69, 9.17) is 4.74 Å². The van der Waals surface area contributed by atoms with Crippen molar-refractivity contribution in [3.8, 4) is 0 Å². The third-order valence-electron chi connectivity index (χ3n) is 2.98. The molecule has 0 saturated heterocycles. The molecule has 0 aliphatic heterocycles. The molecule has 98 valence electrons. The maximum absolute atomic E-state index is 9.90. The summed E-state index contributed by atoms with van der Waals surface area (Å²) < 4.78 is 7.37. The van der Waals surface area contributed by atoms with Gasteiger partial charge in [0.15, 0.2) is 0 Å². The van der Waals surface area contributed by atoms with E-state index in [9.17, 15) is 5.11 Å². The van der Waals surface area contributed by atoms with Crippen LogP contribution in [0.15, 0.2) is 24.3 Å². The summed E-state index contributed by atoms with van der Waals surface area (Å²) in [5.74, 6) is 0.922. The van der Waals surface area contributed by atoms with Crippen LogP contribution in [0.5, 0.6) is 0 Å². The van der Waals surface area contributed by atoms with E-state index in [0.717, 1.165) is 23.4 Å². The SMILES string of the molecule is CCOCC(O)Cc1nc2ccccc2n1CC. The first kappa shape index (κ1) is 13.1. The molecule has 0 bridgehead atoms. The van der Waals surface area contributed by atoms with Gasteiger partial charge in [-0.05, 0) is 26.0 Å². The lowest BCUT2D eigenvalue weighted by atomic mass is 10.2. The molecule has 4 nitrogen and oxygen atoms in total. The van der Waals surface area contributed by atoms with Gasteiger partial charge < -0.3 is 14.4 Å². The molecule has 0 aliphatic rings. The summed E-state index contributed by atoms with van der Waals surface area (Å²) >= 11 is 0. The number of para-hydroxylation sites is 2. The van der Waals surface area contributed by atoms with E-state index in [1.807, 2.05) is 25.1 Å². The second-order valence-electron chi connectivity index (χ2n) is 4.28. The number of hydrogen-bond donors (Lipinski definition) is 1. The van der Waals surface area contributed by atoms with E-state index < -0.39 is 6.10 Å². The predicted octanol–water partition coefficient (Wildman–Crippen LogP) is 2.00. The number of ether oxygens (including phenoxy) is 1. The highest BCUT2D eigenvalue weighted by Crippen LogP contribution is 2.17. The number of imidazole rings is 1. The van der Waals surface area contributed by atoms with Crippen molar-refractivity contribution in [3.63, 3.8) is 0 Å². The number of aliphatic hydroxyl groups is 1. The van der Waals surface area contributed by atoms with Gasteiger partial charge in [0.2, 0.25) is 0 Å². The Morgan fingerprint density at radius 2 is 2.11 bits per heavy atom. The normalized spacial score (nSPS) is 13.1. The molecule has 0 aliphatic carbocycles. The Balaban J connectivity index is 2.21. The van der Waals surface area contributed by atoms with E-state index in [-0.39, 0.29) is 0 Å². The fourth-order valence-corrected chi connectivity index (χ4v) is 2.16. The monoisotopic (exact) mass is 248 g/mol. The number of nitrogens with zero attached hydrogens (tertiary/aromatic N) is 2. The number of aromatic nitrogens is 2. The molecular weight excluding hydrogens is 228 g/mol. The van der Waals surface area contributed by atoms with Crippen LogP contribution < -0.4 is 0 Å². The number of fused-ring (bicyclic) bond motifs is 1. The molecule has 1 atom stereocenters. The van der Waals surface area contributed by atoms with Gasteiger partial charge in [0.05, 0.1) is 23.7 Å². The molecule has 0 radical (unpaired) electrons. The molecule has 1 heterocycles. The first-order valence-corrected chi connectivity index (χ1v) is 6.46. The van der Waals surface area contributed by atoms with Crippen molar-refractivity contribution < 1.29 is 9.84 Å². The Hall–Kier alpha value is -1.39. The van der Waals surface area contributed by atoms with Gasteiger partial charge in [-0.3, -0.25) is 0 Å². The standard InChI is InChI=1S/C14H20N2O2/c1-3-16-13-8-6-5-7-12(13)15-14(16)9-11(17)10-18-4-2/h5-8,11,17H,3-4,9-10H2,1-2H3. The topological polar surface area (TPSA) is 47.3 Å². The highest BCUT2D eigenvalue weighted by atomic mass is 16.5. The molecule has 1 aromatic carbocycles. The molecular formula is C14H20N2O2. The summed E-state index contributed by atoms with van der Waals surface area (Å²) in [5.41, 5.74) is 2.11. The summed E-state index contributed by atoms with van der Waals surface area (Å²) in [5, 5.41) is 9.90. The molecule has 18 heavy (non-hydrogen) atoms. The lowest BCUT2D eigenvalue weighted by Crippen LogP contribution is -2.20. The Morgan fingerprint density at radius 3 is 2.83 bits per heavy atom. The first-order chi connectivity index (χ1) is 8.76. The Bertz CT molecular complexity index is 507. The number of aliphatic hydroxyl groups excluding tert-OH is 1. The van der Waals surface area contributed by atoms with Crippen LogP contribution in [0.4, 0.5) is 0 Å². The van der Waals surface area contributed by atoms with Crippen molar-refractivity contribution in [3.05, 3.63) is 30.1 Å². The van der Waals surface area contributed by atoms with Crippen LogP contribution in [0.2, 0.25) is 0 Å². The van der Waals surface area contributed by atoms with Gasteiger partial charge in [0.1, 0.15) is 5.82 Å². The highest BCUT2D eigenvalue weighted by molar-refractivity contribution is 5.75. The van der Waals surface area contributed by atoms with Gasteiger partial charge in [0, 0.05) is 19.6 Å². The van der Waals surface area contributed by atoms with Gasteiger partial charge in [-0.1, -0.05) is 12.1 Å². The number of aryl methyl sites for hydroxylation is 1. The first-order valence-electron chi connectivity index (χ1n) is 6.46. The smallest absolute Gasteiger partial charge is 0.112 e. The van der Waals surface area contributed by atoms with Crippen LogP contribution in [0.3, 0.4) is 0 Å². The van der Waals surface area contributed by atoms with Gasteiger partial charge in [0.25, 0.3) is 0 Å². The zero-order valence-electron chi connectivity index (χ0n) is 11.0. The summed E-state index contributed by atoms with van der Waals surface area (Å²) in [6.07, 6.45) is 0.0368. The molecule has 4 heteroatoms. The van der Waals surface area contributed by atoms with Crippen molar-refractivity contribution in [2.75, 3.05) is 13.2 Å². The summed E-state index contributed by atoms with van der Waals surface area (Å²) in [6, 6.07) is 8.05. The molecule has 0 amide bonds. The van der Waals surface area contributed by atoms with Crippen molar-refractivity contribution in [1.82, 2.24) is 9.55 Å². The minimum Gasteiger partial charge on any atom is -0.390 e. The van der Waals surface area contributed by atoms with Gasteiger partial charge in [-0.15, -0.1) is 0 Å². The minimum atomic E-state index is -0.493. The van der Waals surface area contributed by atoms with Crippen LogP contribution >= 0.6 is 0 Å². The van der Waals surface area contributed by atoms with Crippen LogP contribution in [-0.2, 0) is 17.7 Å². The predicted molar refractivity (Wildman–Crippen MR) is 71.6 cm³/mol. The third kappa shape index (κ3) is 2.71. The quantitative estimate of drug-likeness (QED) is 0.850. The molecule has 0 spiro atoms. The van der Waals surface area contributed by atoms with Crippen molar-refractivity contribution in [2.45, 2.75) is 32.9 Å². The van der Waals surface area contributed by atoms with Crippen LogP contribution in [0, 0.1) is 0 Å². The largest absolute Gasteiger partial charge is 0.390 e. The molecule has 0 saturated carbocycles.